The van der Waals surface area contributed by atoms with E-state index in [4.69, 9.17) is 0 Å². The lowest BCUT2D eigenvalue weighted by atomic mass is 9.85. The molecular weight excluding hydrogens is 369 g/mol. The van der Waals surface area contributed by atoms with E-state index in [-0.39, 0.29) is 17.9 Å². The average molecular weight is 390 g/mol. The van der Waals surface area contributed by atoms with Gasteiger partial charge in [0.2, 0.25) is 5.91 Å². The van der Waals surface area contributed by atoms with E-state index in [0.29, 0.717) is 24.6 Å². The molecule has 0 saturated heterocycles. The SMILES string of the molecule is O=C(Nc1cccc2c1CN(C1CC1)C2)C1CCc2[nH]nc(C(F)(F)F)c2C1. The summed E-state index contributed by atoms with van der Waals surface area (Å²) in [5.41, 5.74) is 2.90. The van der Waals surface area contributed by atoms with Gasteiger partial charge in [0.1, 0.15) is 0 Å². The Bertz CT molecular complexity index is 932. The van der Waals surface area contributed by atoms with Crippen molar-refractivity contribution in [2.75, 3.05) is 5.32 Å². The molecule has 1 atom stereocenters. The van der Waals surface area contributed by atoms with E-state index >= 15 is 0 Å². The van der Waals surface area contributed by atoms with Crippen LogP contribution in [0.2, 0.25) is 0 Å². The number of fused-ring (bicyclic) bond motifs is 2. The number of halogens is 3. The number of nitrogens with zero attached hydrogens (tertiary/aromatic N) is 2. The smallest absolute Gasteiger partial charge is 0.326 e. The van der Waals surface area contributed by atoms with Gasteiger partial charge in [-0.05, 0) is 49.3 Å². The van der Waals surface area contributed by atoms with E-state index < -0.39 is 17.8 Å². The van der Waals surface area contributed by atoms with Gasteiger partial charge in [-0.15, -0.1) is 0 Å². The highest BCUT2D eigenvalue weighted by atomic mass is 19.4. The lowest BCUT2D eigenvalue weighted by molar-refractivity contribution is -0.142. The number of amides is 1. The van der Waals surface area contributed by atoms with Gasteiger partial charge in [0.25, 0.3) is 0 Å². The highest BCUT2D eigenvalue weighted by Crippen LogP contribution is 2.39. The van der Waals surface area contributed by atoms with Crippen molar-refractivity contribution in [1.82, 2.24) is 15.1 Å². The van der Waals surface area contributed by atoms with Gasteiger partial charge in [-0.25, -0.2) is 0 Å². The van der Waals surface area contributed by atoms with Crippen LogP contribution in [0.1, 0.15) is 47.3 Å². The van der Waals surface area contributed by atoms with Crippen LogP contribution in [0.4, 0.5) is 18.9 Å². The minimum atomic E-state index is -4.50. The number of hydrogen-bond acceptors (Lipinski definition) is 3. The molecule has 1 saturated carbocycles. The first-order valence-corrected chi connectivity index (χ1v) is 9.69. The molecule has 2 heterocycles. The Kier molecular flexibility index (Phi) is 4.01. The van der Waals surface area contributed by atoms with Gasteiger partial charge in [0, 0.05) is 42.0 Å². The van der Waals surface area contributed by atoms with Crippen molar-refractivity contribution in [1.29, 1.82) is 0 Å². The van der Waals surface area contributed by atoms with Crippen LogP contribution in [0.25, 0.3) is 0 Å². The molecule has 0 spiro atoms. The Balaban J connectivity index is 1.33. The van der Waals surface area contributed by atoms with Crippen LogP contribution in [0.15, 0.2) is 18.2 Å². The average Bonchev–Trinajstić information content (AvgIpc) is 3.25. The lowest BCUT2D eigenvalue weighted by Gasteiger charge is -2.23. The number of rotatable bonds is 3. The Hall–Kier alpha value is -2.35. The Morgan fingerprint density at radius 2 is 2.00 bits per heavy atom. The van der Waals surface area contributed by atoms with Crippen LogP contribution in [-0.2, 0) is 36.9 Å². The second kappa shape index (κ2) is 6.34. The van der Waals surface area contributed by atoms with Gasteiger partial charge in [-0.2, -0.15) is 18.3 Å². The molecule has 2 aromatic rings. The maximum absolute atomic E-state index is 13.2. The molecule has 1 fully saturated rings. The van der Waals surface area contributed by atoms with Gasteiger partial charge in [-0.3, -0.25) is 14.8 Å². The van der Waals surface area contributed by atoms with Crippen molar-refractivity contribution >= 4 is 11.6 Å². The number of anilines is 1. The number of alkyl halides is 3. The number of aromatic nitrogens is 2. The van der Waals surface area contributed by atoms with Crippen molar-refractivity contribution < 1.29 is 18.0 Å². The molecule has 1 aromatic carbocycles. The number of aromatic amines is 1. The second-order valence-electron chi connectivity index (χ2n) is 8.04. The minimum absolute atomic E-state index is 0.0652. The van der Waals surface area contributed by atoms with E-state index in [2.05, 4.69) is 26.5 Å². The number of nitrogens with one attached hydrogen (secondary N) is 2. The fourth-order valence-corrected chi connectivity index (χ4v) is 4.45. The largest absolute Gasteiger partial charge is 0.435 e. The van der Waals surface area contributed by atoms with Gasteiger partial charge in [0.05, 0.1) is 0 Å². The molecule has 2 N–H and O–H groups in total. The van der Waals surface area contributed by atoms with Crippen molar-refractivity contribution in [2.24, 2.45) is 5.92 Å². The number of benzene rings is 1. The number of aryl methyl sites for hydroxylation is 1. The first-order chi connectivity index (χ1) is 13.4. The highest BCUT2D eigenvalue weighted by molar-refractivity contribution is 5.94. The third-order valence-corrected chi connectivity index (χ3v) is 6.11. The maximum Gasteiger partial charge on any atom is 0.435 e. The van der Waals surface area contributed by atoms with Gasteiger partial charge >= 0.3 is 6.18 Å². The molecule has 1 unspecified atom stereocenters. The molecule has 5 rings (SSSR count). The molecule has 28 heavy (non-hydrogen) atoms. The molecule has 0 bridgehead atoms. The molecule has 2 aliphatic carbocycles. The standard InChI is InChI=1S/C20H21F3N4O/c21-20(22,23)18-14-8-11(4-7-17(14)25-26-18)19(28)24-16-3-1-2-12-9-27(10-15(12)16)13-5-6-13/h1-3,11,13H,4-10H2,(H,24,28)(H,25,26). The van der Waals surface area contributed by atoms with Crippen LogP contribution < -0.4 is 5.32 Å². The van der Waals surface area contributed by atoms with Crippen molar-refractivity contribution in [3.05, 3.63) is 46.3 Å². The molecule has 3 aliphatic rings. The minimum Gasteiger partial charge on any atom is -0.326 e. The van der Waals surface area contributed by atoms with Crippen LogP contribution in [0.3, 0.4) is 0 Å². The first-order valence-electron chi connectivity index (χ1n) is 9.69. The summed E-state index contributed by atoms with van der Waals surface area (Å²) in [6, 6.07) is 6.55. The van der Waals surface area contributed by atoms with Gasteiger partial charge < -0.3 is 5.32 Å². The number of H-pyrrole nitrogens is 1. The van der Waals surface area contributed by atoms with E-state index in [1.807, 2.05) is 12.1 Å². The van der Waals surface area contributed by atoms with Crippen LogP contribution >= 0.6 is 0 Å². The summed E-state index contributed by atoms with van der Waals surface area (Å²) >= 11 is 0. The Morgan fingerprint density at radius 1 is 1.18 bits per heavy atom. The summed E-state index contributed by atoms with van der Waals surface area (Å²) in [7, 11) is 0. The summed E-state index contributed by atoms with van der Waals surface area (Å²) in [5.74, 6) is -0.693. The molecule has 5 nitrogen and oxygen atoms in total. The van der Waals surface area contributed by atoms with E-state index in [1.165, 1.54) is 18.4 Å². The van der Waals surface area contributed by atoms with Crippen molar-refractivity contribution in [3.8, 4) is 0 Å². The van der Waals surface area contributed by atoms with Gasteiger partial charge in [0.15, 0.2) is 5.69 Å². The third kappa shape index (κ3) is 3.09. The topological polar surface area (TPSA) is 61.0 Å². The number of carbonyl (C=O) groups excluding carboxylic acids is 1. The predicted octanol–water partition coefficient (Wildman–Crippen LogP) is 3.65. The van der Waals surface area contributed by atoms with Crippen LogP contribution in [-0.4, -0.2) is 27.0 Å². The molecule has 1 aliphatic heterocycles. The summed E-state index contributed by atoms with van der Waals surface area (Å²) in [4.78, 5) is 15.3. The molecular formula is C20H21F3N4O. The maximum atomic E-state index is 13.2. The predicted molar refractivity (Wildman–Crippen MR) is 96.4 cm³/mol. The summed E-state index contributed by atoms with van der Waals surface area (Å²) in [6.07, 6.45) is -1.07. The second-order valence-corrected chi connectivity index (χ2v) is 8.04. The third-order valence-electron chi connectivity index (χ3n) is 6.11. The monoisotopic (exact) mass is 390 g/mol. The fraction of sp³-hybridized carbons (Fsp3) is 0.500. The normalized spacial score (nSPS) is 22.0. The lowest BCUT2D eigenvalue weighted by Crippen LogP contribution is -2.29. The van der Waals surface area contributed by atoms with Gasteiger partial charge in [-0.1, -0.05) is 12.1 Å². The first kappa shape index (κ1) is 17.7. The number of carbonyl (C=O) groups is 1. The highest BCUT2D eigenvalue weighted by Gasteiger charge is 2.40. The zero-order chi connectivity index (χ0) is 19.5. The molecule has 0 radical (unpaired) electrons. The van der Waals surface area contributed by atoms with Crippen LogP contribution in [0, 0.1) is 5.92 Å². The summed E-state index contributed by atoms with van der Waals surface area (Å²) in [5, 5.41) is 8.92. The Morgan fingerprint density at radius 3 is 2.75 bits per heavy atom. The quantitative estimate of drug-likeness (QED) is 0.841. The fourth-order valence-electron chi connectivity index (χ4n) is 4.45. The Labute approximate surface area is 160 Å². The van der Waals surface area contributed by atoms with Crippen molar-refractivity contribution in [2.45, 2.75) is 57.4 Å². The summed E-state index contributed by atoms with van der Waals surface area (Å²) < 4.78 is 39.5. The van der Waals surface area contributed by atoms with E-state index in [9.17, 15) is 18.0 Å². The molecule has 148 valence electrons. The zero-order valence-electron chi connectivity index (χ0n) is 15.3. The number of hydrogen-bond donors (Lipinski definition) is 2. The summed E-state index contributed by atoms with van der Waals surface area (Å²) in [6.45, 7) is 1.73. The zero-order valence-corrected chi connectivity index (χ0v) is 15.3. The van der Waals surface area contributed by atoms with E-state index in [1.54, 1.807) is 0 Å². The van der Waals surface area contributed by atoms with Crippen LogP contribution in [0.5, 0.6) is 0 Å². The van der Waals surface area contributed by atoms with E-state index in [0.717, 1.165) is 24.3 Å². The molecule has 8 heteroatoms. The van der Waals surface area contributed by atoms with Crippen molar-refractivity contribution in [3.63, 3.8) is 0 Å². The molecule has 1 aromatic heterocycles. The molecule has 1 amide bonds.